The third kappa shape index (κ3) is 6.26. The zero-order valence-electron chi connectivity index (χ0n) is 22.5. The van der Waals surface area contributed by atoms with Crippen LogP contribution >= 0.6 is 0 Å². The quantitative estimate of drug-likeness (QED) is 0.243. The van der Waals surface area contributed by atoms with Crippen LogP contribution < -0.4 is 20.4 Å². The summed E-state index contributed by atoms with van der Waals surface area (Å²) in [7, 11) is 0. The minimum absolute atomic E-state index is 0.0938. The molecule has 9 heteroatoms. The number of benzene rings is 2. The number of anilines is 1. The molecule has 1 aromatic heterocycles. The molecule has 2 aromatic carbocycles. The SMILES string of the molecule is C#CCC(CC#C)COC(=O)c1ccc(OC(=O)c2cn(C3CC3)c3cc(N4CCNCC4)c(F)cc3c2=O)cc1. The number of aromatic nitrogens is 1. The van der Waals surface area contributed by atoms with E-state index >= 15 is 4.39 Å². The largest absolute Gasteiger partial charge is 0.462 e. The molecule has 8 nitrogen and oxygen atoms in total. The number of pyridine rings is 1. The predicted molar refractivity (Wildman–Crippen MR) is 154 cm³/mol. The highest BCUT2D eigenvalue weighted by atomic mass is 19.1. The number of ether oxygens (including phenoxy) is 2. The summed E-state index contributed by atoms with van der Waals surface area (Å²) >= 11 is 0. The second kappa shape index (κ2) is 12.3. The van der Waals surface area contributed by atoms with Crippen LogP contribution in [-0.2, 0) is 4.74 Å². The molecule has 0 amide bonds. The number of fused-ring (bicyclic) bond motifs is 1. The lowest BCUT2D eigenvalue weighted by atomic mass is 10.0. The van der Waals surface area contributed by atoms with Crippen molar-refractivity contribution in [3.05, 3.63) is 69.8 Å². The minimum Gasteiger partial charge on any atom is -0.462 e. The van der Waals surface area contributed by atoms with Gasteiger partial charge in [0.1, 0.15) is 17.1 Å². The van der Waals surface area contributed by atoms with E-state index in [4.69, 9.17) is 22.3 Å². The number of rotatable bonds is 9. The molecule has 0 bridgehead atoms. The molecule has 2 aliphatic rings. The summed E-state index contributed by atoms with van der Waals surface area (Å²) in [4.78, 5) is 40.9. The Morgan fingerprint density at radius 2 is 1.73 bits per heavy atom. The van der Waals surface area contributed by atoms with Gasteiger partial charge in [0.2, 0.25) is 5.43 Å². The Kier molecular flexibility index (Phi) is 8.37. The molecule has 0 radical (unpaired) electrons. The van der Waals surface area contributed by atoms with Crippen LogP contribution in [0.25, 0.3) is 10.9 Å². The Morgan fingerprint density at radius 3 is 2.37 bits per heavy atom. The van der Waals surface area contributed by atoms with Crippen LogP contribution in [0.4, 0.5) is 10.1 Å². The second-order valence-electron chi connectivity index (χ2n) is 10.3. The molecule has 1 saturated carbocycles. The first kappa shape index (κ1) is 27.9. The predicted octanol–water partition coefficient (Wildman–Crippen LogP) is 3.92. The molecule has 0 atom stereocenters. The molecule has 210 valence electrons. The molecule has 5 rings (SSSR count). The van der Waals surface area contributed by atoms with Gasteiger partial charge in [0.05, 0.1) is 23.4 Å². The molecule has 1 N–H and O–H groups in total. The van der Waals surface area contributed by atoms with Crippen LogP contribution in [0, 0.1) is 36.4 Å². The van der Waals surface area contributed by atoms with Crippen LogP contribution in [0.5, 0.6) is 5.75 Å². The van der Waals surface area contributed by atoms with Crippen LogP contribution in [0.3, 0.4) is 0 Å². The molecule has 0 unspecified atom stereocenters. The number of carbonyl (C=O) groups is 2. The molecule has 0 spiro atoms. The molecule has 1 saturated heterocycles. The first-order chi connectivity index (χ1) is 19.9. The summed E-state index contributed by atoms with van der Waals surface area (Å²) < 4.78 is 27.9. The van der Waals surface area contributed by atoms with Gasteiger partial charge in [0.15, 0.2) is 0 Å². The summed E-state index contributed by atoms with van der Waals surface area (Å²) in [5.41, 5.74) is 0.516. The number of piperazine rings is 1. The average Bonchev–Trinajstić information content (AvgIpc) is 3.82. The maximum atomic E-state index is 15.2. The number of carbonyl (C=O) groups excluding carboxylic acids is 2. The Morgan fingerprint density at radius 1 is 1.05 bits per heavy atom. The van der Waals surface area contributed by atoms with Gasteiger partial charge >= 0.3 is 11.9 Å². The fourth-order valence-electron chi connectivity index (χ4n) is 4.93. The lowest BCUT2D eigenvalue weighted by Gasteiger charge is -2.30. The average molecular weight is 556 g/mol. The number of esters is 2. The van der Waals surface area contributed by atoms with Gasteiger partial charge in [-0.15, -0.1) is 24.7 Å². The van der Waals surface area contributed by atoms with Gasteiger partial charge in [-0.25, -0.2) is 14.0 Å². The number of terminal acetylenes is 2. The minimum atomic E-state index is -0.861. The third-order valence-corrected chi connectivity index (χ3v) is 7.28. The molecule has 1 aliphatic carbocycles. The van der Waals surface area contributed by atoms with Crippen LogP contribution in [0.1, 0.15) is 52.4 Å². The molecule has 41 heavy (non-hydrogen) atoms. The molecule has 3 aromatic rings. The molecule has 2 heterocycles. The van der Waals surface area contributed by atoms with E-state index in [1.54, 1.807) is 6.07 Å². The van der Waals surface area contributed by atoms with Crippen molar-refractivity contribution in [1.82, 2.24) is 9.88 Å². The summed E-state index contributed by atoms with van der Waals surface area (Å²) in [5, 5.41) is 3.38. The highest BCUT2D eigenvalue weighted by Crippen LogP contribution is 2.38. The first-order valence-corrected chi connectivity index (χ1v) is 13.6. The number of nitrogens with one attached hydrogen (secondary N) is 1. The summed E-state index contributed by atoms with van der Waals surface area (Å²) in [6.07, 6.45) is 14.8. The van der Waals surface area contributed by atoms with E-state index in [1.807, 2.05) is 9.47 Å². The Bertz CT molecular complexity index is 1590. The molecule has 2 fully saturated rings. The zero-order chi connectivity index (χ0) is 28.9. The highest BCUT2D eigenvalue weighted by molar-refractivity contribution is 5.96. The van der Waals surface area contributed by atoms with Crippen molar-refractivity contribution in [2.45, 2.75) is 31.7 Å². The van der Waals surface area contributed by atoms with E-state index in [9.17, 15) is 14.4 Å². The van der Waals surface area contributed by atoms with Gasteiger partial charge in [0.25, 0.3) is 0 Å². The molecule has 1 aliphatic heterocycles. The maximum absolute atomic E-state index is 15.2. The maximum Gasteiger partial charge on any atom is 0.349 e. The monoisotopic (exact) mass is 555 g/mol. The van der Waals surface area contributed by atoms with Crippen molar-refractivity contribution in [2.75, 3.05) is 37.7 Å². The van der Waals surface area contributed by atoms with E-state index in [0.717, 1.165) is 25.9 Å². The van der Waals surface area contributed by atoms with Crippen LogP contribution in [0.15, 0.2) is 47.4 Å². The van der Waals surface area contributed by atoms with E-state index in [0.29, 0.717) is 37.1 Å². The van der Waals surface area contributed by atoms with Crippen molar-refractivity contribution < 1.29 is 23.5 Å². The molecular weight excluding hydrogens is 525 g/mol. The van der Waals surface area contributed by atoms with Gasteiger partial charge in [-0.3, -0.25) is 4.79 Å². The van der Waals surface area contributed by atoms with E-state index in [1.165, 1.54) is 36.5 Å². The van der Waals surface area contributed by atoms with Gasteiger partial charge in [0, 0.05) is 62.6 Å². The summed E-state index contributed by atoms with van der Waals surface area (Å²) in [5.74, 6) is 3.12. The zero-order valence-corrected chi connectivity index (χ0v) is 22.5. The first-order valence-electron chi connectivity index (χ1n) is 13.6. The Balaban J connectivity index is 1.34. The van der Waals surface area contributed by atoms with Crippen molar-refractivity contribution in [2.24, 2.45) is 5.92 Å². The summed E-state index contributed by atoms with van der Waals surface area (Å²) in [6, 6.07) is 8.85. The normalized spacial score (nSPS) is 14.9. The Labute approximate surface area is 237 Å². The highest BCUT2D eigenvalue weighted by Gasteiger charge is 2.29. The van der Waals surface area contributed by atoms with E-state index < -0.39 is 23.2 Å². The summed E-state index contributed by atoms with van der Waals surface area (Å²) in [6.45, 7) is 2.92. The number of nitrogens with zero attached hydrogens (tertiary/aromatic N) is 2. The van der Waals surface area contributed by atoms with E-state index in [-0.39, 0.29) is 40.8 Å². The van der Waals surface area contributed by atoms with Crippen LogP contribution in [0.2, 0.25) is 0 Å². The third-order valence-electron chi connectivity index (χ3n) is 7.28. The van der Waals surface area contributed by atoms with Crippen molar-refractivity contribution in [3.63, 3.8) is 0 Å². The number of hydrogen-bond acceptors (Lipinski definition) is 7. The van der Waals surface area contributed by atoms with Gasteiger partial charge in [-0.05, 0) is 49.2 Å². The lowest BCUT2D eigenvalue weighted by Crippen LogP contribution is -2.43. The topological polar surface area (TPSA) is 89.9 Å². The van der Waals surface area contributed by atoms with Gasteiger partial charge in [-0.1, -0.05) is 0 Å². The van der Waals surface area contributed by atoms with Crippen LogP contribution in [-0.4, -0.2) is 49.3 Å². The van der Waals surface area contributed by atoms with Gasteiger partial charge in [-0.2, -0.15) is 0 Å². The standard InChI is InChI=1S/C32H30FN3O5/c1-3-5-21(6-4-2)20-40-31(38)22-7-11-24(12-8-22)41-32(39)26-19-36(23-9-10-23)28-18-29(35-15-13-34-14-16-35)27(33)17-25(28)30(26)37/h1-2,7-8,11-12,17-19,21,23,34H,5-6,9-10,13-16,20H2. The number of hydrogen-bond donors (Lipinski definition) is 1. The van der Waals surface area contributed by atoms with Crippen molar-refractivity contribution in [1.29, 1.82) is 0 Å². The fraction of sp³-hybridized carbons (Fsp3) is 0.344. The smallest absolute Gasteiger partial charge is 0.349 e. The van der Waals surface area contributed by atoms with E-state index in [2.05, 4.69) is 17.2 Å². The Hall–Kier alpha value is -4.60. The van der Waals surface area contributed by atoms with Gasteiger partial charge < -0.3 is 24.3 Å². The second-order valence-corrected chi connectivity index (χ2v) is 10.3. The fourth-order valence-corrected chi connectivity index (χ4v) is 4.93. The lowest BCUT2D eigenvalue weighted by molar-refractivity contribution is 0.0444. The van der Waals surface area contributed by atoms with Crippen molar-refractivity contribution in [3.8, 4) is 30.4 Å². The number of halogens is 1. The van der Waals surface area contributed by atoms with Crippen molar-refractivity contribution >= 4 is 28.5 Å². The molecular formula is C32H30FN3O5.